The Labute approximate surface area is 156 Å². The normalized spacial score (nSPS) is 11.3. The molecule has 0 saturated heterocycles. The summed E-state index contributed by atoms with van der Waals surface area (Å²) in [7, 11) is 2.47. The molecular weight excluding hydrogens is 346 g/mol. The number of carbonyl (C=O) groups is 2. The quantitative estimate of drug-likeness (QED) is 0.553. The number of nitrogens with one attached hydrogen (secondary N) is 1. The lowest BCUT2D eigenvalue weighted by Gasteiger charge is -2.09. The number of pyridine rings is 1. The van der Waals surface area contributed by atoms with E-state index in [0.717, 1.165) is 28.5 Å². The van der Waals surface area contributed by atoms with Crippen molar-refractivity contribution in [2.45, 2.75) is 6.92 Å². The fourth-order valence-corrected chi connectivity index (χ4v) is 2.54. The number of anilines is 1. The van der Waals surface area contributed by atoms with E-state index in [2.05, 4.69) is 19.8 Å². The van der Waals surface area contributed by atoms with Gasteiger partial charge in [0.15, 0.2) is 0 Å². The highest BCUT2D eigenvalue weighted by atomic mass is 16.5. The maximum absolute atomic E-state index is 11.8. The number of fused-ring (bicyclic) bond motifs is 1. The summed E-state index contributed by atoms with van der Waals surface area (Å²) in [5.74, 6) is -1.32. The Kier molecular flexibility index (Phi) is 5.21. The molecular formula is C20H19N3O4. The van der Waals surface area contributed by atoms with Crippen LogP contribution in [-0.4, -0.2) is 35.5 Å². The van der Waals surface area contributed by atoms with Crippen LogP contribution in [-0.2, 0) is 19.1 Å². The van der Waals surface area contributed by atoms with Crippen molar-refractivity contribution in [3.05, 3.63) is 66.1 Å². The zero-order valence-corrected chi connectivity index (χ0v) is 15.2. The molecule has 2 aromatic heterocycles. The van der Waals surface area contributed by atoms with Gasteiger partial charge in [0.25, 0.3) is 0 Å². The van der Waals surface area contributed by atoms with Crippen LogP contribution in [0.4, 0.5) is 5.69 Å². The summed E-state index contributed by atoms with van der Waals surface area (Å²) in [4.78, 5) is 27.9. The summed E-state index contributed by atoms with van der Waals surface area (Å²) in [6, 6.07) is 11.4. The van der Waals surface area contributed by atoms with Gasteiger partial charge in [-0.15, -0.1) is 0 Å². The molecule has 3 aromatic rings. The summed E-state index contributed by atoms with van der Waals surface area (Å²) in [5.41, 5.74) is 4.40. The molecule has 0 spiro atoms. The van der Waals surface area contributed by atoms with Gasteiger partial charge in [0.05, 0.1) is 26.0 Å². The second-order valence-corrected chi connectivity index (χ2v) is 5.87. The molecule has 0 aliphatic heterocycles. The van der Waals surface area contributed by atoms with E-state index < -0.39 is 11.9 Å². The third kappa shape index (κ3) is 4.14. The van der Waals surface area contributed by atoms with Crippen LogP contribution in [0, 0.1) is 6.92 Å². The maximum atomic E-state index is 11.8. The van der Waals surface area contributed by atoms with Gasteiger partial charge in [0.1, 0.15) is 11.3 Å². The smallest absolute Gasteiger partial charge is 0.354 e. The van der Waals surface area contributed by atoms with Crippen LogP contribution < -0.4 is 5.32 Å². The molecule has 0 aliphatic carbocycles. The number of esters is 2. The second kappa shape index (κ2) is 7.74. The Morgan fingerprint density at radius 3 is 2.52 bits per heavy atom. The molecule has 2 heterocycles. The first-order valence-corrected chi connectivity index (χ1v) is 8.21. The summed E-state index contributed by atoms with van der Waals surface area (Å²) in [6.45, 7) is 2.02. The first kappa shape index (κ1) is 18.2. The summed E-state index contributed by atoms with van der Waals surface area (Å²) in [6.07, 6.45) is 4.97. The number of nitrogens with zero attached hydrogens (tertiary/aromatic N) is 2. The standard InChI is InChI=1S/C20H19N3O4/c1-13-8-9-23-12-17(22-18(23)10-13)14-4-6-15(7-5-14)21-16(20(25)27-3)11-19(24)26-2/h4-12,21H,1-3H3/b16-11+. The van der Waals surface area contributed by atoms with Crippen LogP contribution in [0.5, 0.6) is 0 Å². The van der Waals surface area contributed by atoms with E-state index >= 15 is 0 Å². The fourth-order valence-electron chi connectivity index (χ4n) is 2.54. The molecule has 0 bridgehead atoms. The zero-order valence-electron chi connectivity index (χ0n) is 15.2. The molecule has 3 rings (SSSR count). The fraction of sp³-hybridized carbons (Fsp3) is 0.150. The topological polar surface area (TPSA) is 81.9 Å². The SMILES string of the molecule is COC(=O)/C=C(/Nc1ccc(-c2cn3ccc(C)cc3n2)cc1)C(=O)OC. The minimum atomic E-state index is -0.666. The van der Waals surface area contributed by atoms with Crippen LogP contribution >= 0.6 is 0 Å². The van der Waals surface area contributed by atoms with Gasteiger partial charge < -0.3 is 19.2 Å². The molecule has 1 aromatic carbocycles. The average molecular weight is 365 g/mol. The lowest BCUT2D eigenvalue weighted by atomic mass is 10.1. The number of hydrogen-bond acceptors (Lipinski definition) is 6. The number of aryl methyl sites for hydroxylation is 1. The van der Waals surface area contributed by atoms with Crippen molar-refractivity contribution in [3.63, 3.8) is 0 Å². The van der Waals surface area contributed by atoms with Crippen molar-refractivity contribution >= 4 is 23.3 Å². The Hall–Kier alpha value is -3.61. The Bertz CT molecular complexity index is 1020. The van der Waals surface area contributed by atoms with Crippen molar-refractivity contribution in [3.8, 4) is 11.3 Å². The van der Waals surface area contributed by atoms with Crippen molar-refractivity contribution in [1.29, 1.82) is 0 Å². The average Bonchev–Trinajstić information content (AvgIpc) is 3.10. The van der Waals surface area contributed by atoms with Crippen LogP contribution in [0.3, 0.4) is 0 Å². The molecule has 0 radical (unpaired) electrons. The molecule has 0 saturated carbocycles. The van der Waals surface area contributed by atoms with Crippen LogP contribution in [0.15, 0.2) is 60.6 Å². The third-order valence-corrected chi connectivity index (χ3v) is 3.94. The van der Waals surface area contributed by atoms with E-state index in [9.17, 15) is 9.59 Å². The van der Waals surface area contributed by atoms with Gasteiger partial charge in [-0.1, -0.05) is 12.1 Å². The third-order valence-electron chi connectivity index (χ3n) is 3.94. The predicted octanol–water partition coefficient (Wildman–Crippen LogP) is 2.95. The maximum Gasteiger partial charge on any atom is 0.354 e. The monoisotopic (exact) mass is 365 g/mol. The number of benzene rings is 1. The first-order chi connectivity index (χ1) is 13.0. The van der Waals surface area contributed by atoms with Gasteiger partial charge in [-0.3, -0.25) is 0 Å². The highest BCUT2D eigenvalue weighted by molar-refractivity contribution is 5.98. The predicted molar refractivity (Wildman–Crippen MR) is 101 cm³/mol. The van der Waals surface area contributed by atoms with E-state index in [-0.39, 0.29) is 5.70 Å². The largest absolute Gasteiger partial charge is 0.466 e. The van der Waals surface area contributed by atoms with E-state index in [1.165, 1.54) is 14.2 Å². The van der Waals surface area contributed by atoms with Gasteiger partial charge in [-0.2, -0.15) is 0 Å². The number of hydrogen-bond donors (Lipinski definition) is 1. The Morgan fingerprint density at radius 1 is 1.11 bits per heavy atom. The highest BCUT2D eigenvalue weighted by Gasteiger charge is 2.13. The van der Waals surface area contributed by atoms with Gasteiger partial charge in [0.2, 0.25) is 0 Å². The summed E-state index contributed by atoms with van der Waals surface area (Å²) in [5, 5.41) is 2.87. The molecule has 138 valence electrons. The Balaban J connectivity index is 1.84. The van der Waals surface area contributed by atoms with Crippen molar-refractivity contribution < 1.29 is 19.1 Å². The second-order valence-electron chi connectivity index (χ2n) is 5.87. The molecule has 0 amide bonds. The van der Waals surface area contributed by atoms with Crippen molar-refractivity contribution in [2.75, 3.05) is 19.5 Å². The zero-order chi connectivity index (χ0) is 19.4. The Morgan fingerprint density at radius 2 is 1.85 bits per heavy atom. The lowest BCUT2D eigenvalue weighted by molar-refractivity contribution is -0.138. The number of rotatable bonds is 5. The minimum absolute atomic E-state index is 0.0136. The first-order valence-electron chi connectivity index (χ1n) is 8.21. The van der Waals surface area contributed by atoms with Crippen LogP contribution in [0.2, 0.25) is 0 Å². The van der Waals surface area contributed by atoms with Crippen LogP contribution in [0.1, 0.15) is 5.56 Å². The molecule has 1 N–H and O–H groups in total. The van der Waals surface area contributed by atoms with E-state index in [1.54, 1.807) is 12.1 Å². The number of ether oxygens (including phenoxy) is 2. The van der Waals surface area contributed by atoms with Gasteiger partial charge >= 0.3 is 11.9 Å². The van der Waals surface area contributed by atoms with E-state index in [4.69, 9.17) is 0 Å². The molecule has 0 aliphatic rings. The molecule has 7 nitrogen and oxygen atoms in total. The van der Waals surface area contributed by atoms with Crippen molar-refractivity contribution in [2.24, 2.45) is 0 Å². The van der Waals surface area contributed by atoms with Gasteiger partial charge in [-0.05, 0) is 36.8 Å². The number of aromatic nitrogens is 2. The number of imidazole rings is 1. The minimum Gasteiger partial charge on any atom is -0.466 e. The van der Waals surface area contributed by atoms with Gasteiger partial charge in [0, 0.05) is 23.6 Å². The molecule has 0 atom stereocenters. The van der Waals surface area contributed by atoms with Crippen molar-refractivity contribution in [1.82, 2.24) is 9.38 Å². The van der Waals surface area contributed by atoms with E-state index in [0.29, 0.717) is 5.69 Å². The number of methoxy groups -OCH3 is 2. The number of carbonyl (C=O) groups excluding carboxylic acids is 2. The highest BCUT2D eigenvalue weighted by Crippen LogP contribution is 2.22. The molecule has 27 heavy (non-hydrogen) atoms. The summed E-state index contributed by atoms with van der Waals surface area (Å²) >= 11 is 0. The lowest BCUT2D eigenvalue weighted by Crippen LogP contribution is -2.15. The van der Waals surface area contributed by atoms with Gasteiger partial charge in [-0.25, -0.2) is 14.6 Å². The molecule has 0 unspecified atom stereocenters. The summed E-state index contributed by atoms with van der Waals surface area (Å²) < 4.78 is 11.2. The van der Waals surface area contributed by atoms with Crippen LogP contribution in [0.25, 0.3) is 16.9 Å². The van der Waals surface area contributed by atoms with E-state index in [1.807, 2.05) is 48.0 Å². The molecule has 0 fully saturated rings. The molecule has 7 heteroatoms.